The fraction of sp³-hybridized carbons (Fsp3) is 0.368. The van der Waals surface area contributed by atoms with Crippen molar-refractivity contribution in [2.24, 2.45) is 0 Å². The van der Waals surface area contributed by atoms with Gasteiger partial charge in [0, 0.05) is 12.0 Å². The first-order chi connectivity index (χ1) is 11.8. The number of aryl methyl sites for hydroxylation is 2. The molecule has 0 saturated carbocycles. The van der Waals surface area contributed by atoms with Crippen LogP contribution in [0.15, 0.2) is 39.8 Å². The zero-order chi connectivity index (χ0) is 16.5. The van der Waals surface area contributed by atoms with E-state index in [1.807, 2.05) is 10.7 Å². The molecular formula is C19H20N2OS2. The summed E-state index contributed by atoms with van der Waals surface area (Å²) in [6.07, 6.45) is 4.51. The Hall–Kier alpha value is -1.59. The maximum absolute atomic E-state index is 6.20. The molecule has 124 valence electrons. The molecule has 24 heavy (non-hydrogen) atoms. The van der Waals surface area contributed by atoms with Gasteiger partial charge in [0.15, 0.2) is 10.6 Å². The quantitative estimate of drug-likeness (QED) is 0.463. The van der Waals surface area contributed by atoms with Crippen molar-refractivity contribution in [3.8, 4) is 0 Å². The van der Waals surface area contributed by atoms with Crippen LogP contribution in [0.25, 0.3) is 11.0 Å². The maximum Gasteiger partial charge on any atom is 0.171 e. The minimum atomic E-state index is 0.701. The van der Waals surface area contributed by atoms with Crippen molar-refractivity contribution in [3.05, 3.63) is 51.9 Å². The number of rotatable bonds is 4. The minimum absolute atomic E-state index is 0.701. The van der Waals surface area contributed by atoms with Gasteiger partial charge >= 0.3 is 0 Å². The molecular weight excluding hydrogens is 336 g/mol. The van der Waals surface area contributed by atoms with Crippen LogP contribution in [-0.4, -0.2) is 15.5 Å². The van der Waals surface area contributed by atoms with E-state index in [9.17, 15) is 0 Å². The van der Waals surface area contributed by atoms with E-state index in [2.05, 4.69) is 31.2 Å². The molecule has 0 saturated heterocycles. The van der Waals surface area contributed by atoms with E-state index in [0.29, 0.717) is 6.54 Å². The van der Waals surface area contributed by atoms with Crippen molar-refractivity contribution in [2.45, 2.75) is 44.2 Å². The highest BCUT2D eigenvalue weighted by Crippen LogP contribution is 2.36. The lowest BCUT2D eigenvalue weighted by Crippen LogP contribution is -2.08. The summed E-state index contributed by atoms with van der Waals surface area (Å²) in [5.74, 6) is 2.09. The van der Waals surface area contributed by atoms with Crippen molar-refractivity contribution in [3.63, 3.8) is 0 Å². The molecule has 1 aliphatic rings. The van der Waals surface area contributed by atoms with Crippen molar-refractivity contribution < 1.29 is 4.42 Å². The average molecular weight is 357 g/mol. The summed E-state index contributed by atoms with van der Waals surface area (Å²) in [7, 11) is 0. The Kier molecular flexibility index (Phi) is 4.46. The Labute approximate surface area is 151 Å². The molecule has 0 spiro atoms. The summed E-state index contributed by atoms with van der Waals surface area (Å²) in [5, 5.41) is 6.90. The monoisotopic (exact) mass is 356 g/mol. The highest BCUT2D eigenvalue weighted by molar-refractivity contribution is 7.99. The first-order valence-corrected chi connectivity index (χ1v) is 9.89. The summed E-state index contributed by atoms with van der Waals surface area (Å²) in [4.78, 5) is 0. The number of nitrogens with zero attached hydrogens (tertiary/aromatic N) is 2. The molecule has 0 N–H and O–H groups in total. The fourth-order valence-corrected chi connectivity index (χ4v) is 4.39. The van der Waals surface area contributed by atoms with Crippen molar-refractivity contribution in [1.82, 2.24) is 9.78 Å². The van der Waals surface area contributed by atoms with E-state index in [-0.39, 0.29) is 0 Å². The maximum atomic E-state index is 6.20. The van der Waals surface area contributed by atoms with Crippen LogP contribution < -0.4 is 0 Å². The topological polar surface area (TPSA) is 31.0 Å². The minimum Gasteiger partial charge on any atom is -0.458 e. The van der Waals surface area contributed by atoms with E-state index < -0.39 is 0 Å². The Morgan fingerprint density at radius 1 is 1.21 bits per heavy atom. The van der Waals surface area contributed by atoms with Crippen LogP contribution in [-0.2, 0) is 19.4 Å². The summed E-state index contributed by atoms with van der Waals surface area (Å²) < 4.78 is 8.97. The van der Waals surface area contributed by atoms with Crippen LogP contribution in [0.4, 0.5) is 0 Å². The second-order valence-electron chi connectivity index (χ2n) is 6.10. The molecule has 0 bridgehead atoms. The van der Waals surface area contributed by atoms with Gasteiger partial charge in [-0.15, -0.1) is 11.8 Å². The van der Waals surface area contributed by atoms with Crippen molar-refractivity contribution >= 4 is 34.9 Å². The second-order valence-corrected chi connectivity index (χ2v) is 7.74. The van der Waals surface area contributed by atoms with Gasteiger partial charge in [-0.2, -0.15) is 5.10 Å². The van der Waals surface area contributed by atoms with E-state index in [4.69, 9.17) is 21.7 Å². The van der Waals surface area contributed by atoms with E-state index in [1.54, 1.807) is 11.8 Å². The van der Waals surface area contributed by atoms with Gasteiger partial charge < -0.3 is 4.42 Å². The summed E-state index contributed by atoms with van der Waals surface area (Å²) in [6, 6.07) is 10.4. The third-order valence-electron chi connectivity index (χ3n) is 4.48. The molecule has 0 unspecified atom stereocenters. The summed E-state index contributed by atoms with van der Waals surface area (Å²) in [5.41, 5.74) is 3.44. The molecule has 0 atom stereocenters. The normalized spacial score (nSPS) is 14.0. The highest BCUT2D eigenvalue weighted by Gasteiger charge is 2.23. The first kappa shape index (κ1) is 15.9. The van der Waals surface area contributed by atoms with Gasteiger partial charge in [0.1, 0.15) is 10.4 Å². The molecule has 1 aliphatic carbocycles. The second kappa shape index (κ2) is 6.73. The zero-order valence-electron chi connectivity index (χ0n) is 13.7. The smallest absolute Gasteiger partial charge is 0.171 e. The van der Waals surface area contributed by atoms with E-state index in [0.717, 1.165) is 45.0 Å². The van der Waals surface area contributed by atoms with E-state index >= 15 is 0 Å². The molecule has 0 amide bonds. The van der Waals surface area contributed by atoms with Gasteiger partial charge in [0.2, 0.25) is 0 Å². The van der Waals surface area contributed by atoms with Gasteiger partial charge in [-0.1, -0.05) is 49.5 Å². The third-order valence-corrected chi connectivity index (χ3v) is 5.73. The Balaban J connectivity index is 1.91. The lowest BCUT2D eigenvalue weighted by Gasteiger charge is -2.11. The molecule has 4 rings (SSSR count). The Bertz CT molecular complexity index is 928. The molecule has 2 heterocycles. The largest absolute Gasteiger partial charge is 0.458 e. The van der Waals surface area contributed by atoms with Crippen LogP contribution >= 0.6 is 24.0 Å². The fourth-order valence-electron chi connectivity index (χ4n) is 3.37. The molecule has 3 aromatic rings. The molecule has 0 radical (unpaired) electrons. The van der Waals surface area contributed by atoms with E-state index in [1.165, 1.54) is 24.0 Å². The van der Waals surface area contributed by atoms with Gasteiger partial charge in [0.25, 0.3) is 0 Å². The third kappa shape index (κ3) is 2.80. The molecule has 1 aromatic carbocycles. The molecule has 0 aliphatic heterocycles. The average Bonchev–Trinajstić information content (AvgIpc) is 3.00. The van der Waals surface area contributed by atoms with Gasteiger partial charge in [0.05, 0.1) is 11.9 Å². The molecule has 3 nitrogen and oxygen atoms in total. The number of benzene rings is 1. The number of hydrogen-bond donors (Lipinski definition) is 0. The lowest BCUT2D eigenvalue weighted by atomic mass is 9.97. The number of furan rings is 1. The number of hydrogen-bond acceptors (Lipinski definition) is 4. The Morgan fingerprint density at radius 3 is 2.79 bits per heavy atom. The molecule has 5 heteroatoms. The lowest BCUT2D eigenvalue weighted by molar-refractivity contribution is 0.497. The summed E-state index contributed by atoms with van der Waals surface area (Å²) >= 11 is 7.54. The zero-order valence-corrected chi connectivity index (χ0v) is 15.4. The standard InChI is InChI=1S/C19H20N2OS2/c1-2-24-18-17-16(14-10-6-7-11-15(14)22-17)19(23)21(20-18)12-13-8-4-3-5-9-13/h3-5,8-9H,2,6-7,10-12H2,1H3. The van der Waals surface area contributed by atoms with Gasteiger partial charge in [-0.25, -0.2) is 4.68 Å². The van der Waals surface area contributed by atoms with Crippen LogP contribution in [0.3, 0.4) is 0 Å². The first-order valence-electron chi connectivity index (χ1n) is 8.50. The predicted octanol–water partition coefficient (Wildman–Crippen LogP) is 5.40. The van der Waals surface area contributed by atoms with Crippen molar-refractivity contribution in [1.29, 1.82) is 0 Å². The number of aromatic nitrogens is 2. The van der Waals surface area contributed by atoms with Crippen LogP contribution in [0.1, 0.15) is 36.7 Å². The summed E-state index contributed by atoms with van der Waals surface area (Å²) in [6.45, 7) is 2.84. The number of thioether (sulfide) groups is 1. The van der Waals surface area contributed by atoms with Crippen molar-refractivity contribution in [2.75, 3.05) is 5.75 Å². The van der Waals surface area contributed by atoms with Crippen LogP contribution in [0.5, 0.6) is 0 Å². The van der Waals surface area contributed by atoms with Crippen LogP contribution in [0, 0.1) is 4.64 Å². The predicted molar refractivity (Wildman–Crippen MR) is 101 cm³/mol. The van der Waals surface area contributed by atoms with Crippen LogP contribution in [0.2, 0.25) is 0 Å². The highest BCUT2D eigenvalue weighted by atomic mass is 32.2. The Morgan fingerprint density at radius 2 is 2.00 bits per heavy atom. The SMILES string of the molecule is CCSc1nn(Cc2ccccc2)c(=S)c2c3c(oc12)CCCC3. The number of fused-ring (bicyclic) bond motifs is 3. The van der Waals surface area contributed by atoms with Gasteiger partial charge in [-0.3, -0.25) is 0 Å². The molecule has 2 aromatic heterocycles. The molecule has 0 fully saturated rings. The van der Waals surface area contributed by atoms with Gasteiger partial charge in [-0.05, 0) is 30.6 Å².